The van der Waals surface area contributed by atoms with Crippen molar-refractivity contribution < 1.29 is 4.79 Å². The highest BCUT2D eigenvalue weighted by molar-refractivity contribution is 7.99. The minimum atomic E-state index is 0.0912. The number of thioether (sulfide) groups is 1. The van der Waals surface area contributed by atoms with Crippen molar-refractivity contribution >= 4 is 17.7 Å². The summed E-state index contributed by atoms with van der Waals surface area (Å²) in [6.45, 7) is 9.47. The molecule has 1 aliphatic carbocycles. The summed E-state index contributed by atoms with van der Waals surface area (Å²) in [4.78, 5) is 12.5. The van der Waals surface area contributed by atoms with Crippen LogP contribution in [0.15, 0.2) is 29.4 Å². The van der Waals surface area contributed by atoms with Crippen LogP contribution in [-0.2, 0) is 11.3 Å². The Balaban J connectivity index is 1.62. The molecule has 1 fully saturated rings. The molecule has 0 spiro atoms. The van der Waals surface area contributed by atoms with Crippen LogP contribution in [0.25, 0.3) is 11.4 Å². The minimum Gasteiger partial charge on any atom is -0.352 e. The first-order valence-electron chi connectivity index (χ1n) is 9.92. The lowest BCUT2D eigenvalue weighted by atomic mass is 9.78. The number of amides is 1. The van der Waals surface area contributed by atoms with Gasteiger partial charge in [-0.05, 0) is 32.1 Å². The Bertz CT molecular complexity index is 771. The zero-order valence-electron chi connectivity index (χ0n) is 16.7. The fourth-order valence-electron chi connectivity index (χ4n) is 3.76. The molecule has 0 bridgehead atoms. The summed E-state index contributed by atoms with van der Waals surface area (Å²) in [5.41, 5.74) is 2.27. The van der Waals surface area contributed by atoms with E-state index in [0.29, 0.717) is 23.6 Å². The van der Waals surface area contributed by atoms with Crippen molar-refractivity contribution in [3.05, 3.63) is 29.8 Å². The molecule has 1 aromatic carbocycles. The Labute approximate surface area is 166 Å². The first-order chi connectivity index (χ1) is 13.0. The van der Waals surface area contributed by atoms with Gasteiger partial charge in [-0.25, -0.2) is 0 Å². The van der Waals surface area contributed by atoms with Crippen LogP contribution in [0.5, 0.6) is 0 Å². The van der Waals surface area contributed by atoms with Crippen LogP contribution >= 0.6 is 11.8 Å². The average Bonchev–Trinajstić information content (AvgIpc) is 3.07. The van der Waals surface area contributed by atoms with Gasteiger partial charge in [-0.3, -0.25) is 4.79 Å². The van der Waals surface area contributed by atoms with Crippen molar-refractivity contribution in [2.75, 3.05) is 5.75 Å². The van der Waals surface area contributed by atoms with E-state index in [-0.39, 0.29) is 5.91 Å². The Morgan fingerprint density at radius 1 is 1.22 bits per heavy atom. The van der Waals surface area contributed by atoms with Gasteiger partial charge in [0, 0.05) is 18.2 Å². The van der Waals surface area contributed by atoms with Crippen molar-refractivity contribution in [1.29, 1.82) is 0 Å². The molecule has 0 radical (unpaired) electrons. The maximum atomic E-state index is 12.5. The number of carbonyl (C=O) groups is 1. The van der Waals surface area contributed by atoms with Gasteiger partial charge in [0.2, 0.25) is 5.91 Å². The number of carbonyl (C=O) groups excluding carboxylic acids is 1. The van der Waals surface area contributed by atoms with Crippen molar-refractivity contribution in [3.8, 4) is 11.4 Å². The molecule has 1 aliphatic rings. The summed E-state index contributed by atoms with van der Waals surface area (Å²) < 4.78 is 2.08. The average molecular weight is 387 g/mol. The molecule has 1 saturated carbocycles. The fourth-order valence-corrected chi connectivity index (χ4v) is 4.57. The van der Waals surface area contributed by atoms with Gasteiger partial charge in [-0.15, -0.1) is 10.2 Å². The van der Waals surface area contributed by atoms with Gasteiger partial charge in [0.15, 0.2) is 11.0 Å². The molecule has 0 aliphatic heterocycles. The summed E-state index contributed by atoms with van der Waals surface area (Å²) in [6.07, 6.45) is 3.56. The Kier molecular flexibility index (Phi) is 6.58. The molecule has 1 aromatic heterocycles. The van der Waals surface area contributed by atoms with E-state index in [0.717, 1.165) is 29.5 Å². The molecule has 2 aromatic rings. The van der Waals surface area contributed by atoms with Gasteiger partial charge >= 0.3 is 0 Å². The van der Waals surface area contributed by atoms with Crippen LogP contribution < -0.4 is 5.32 Å². The molecule has 5 nitrogen and oxygen atoms in total. The number of rotatable bonds is 6. The van der Waals surface area contributed by atoms with Crippen LogP contribution in [0.3, 0.4) is 0 Å². The number of benzene rings is 1. The highest BCUT2D eigenvalue weighted by Crippen LogP contribution is 2.30. The first-order valence-corrected chi connectivity index (χ1v) is 10.9. The molecule has 1 heterocycles. The smallest absolute Gasteiger partial charge is 0.230 e. The molecule has 1 amide bonds. The predicted molar refractivity (Wildman–Crippen MR) is 111 cm³/mol. The van der Waals surface area contributed by atoms with Gasteiger partial charge in [-0.1, -0.05) is 68.3 Å². The van der Waals surface area contributed by atoms with Gasteiger partial charge in [0.05, 0.1) is 5.75 Å². The number of aromatic nitrogens is 3. The molecule has 3 rings (SSSR count). The zero-order valence-corrected chi connectivity index (χ0v) is 17.6. The molecule has 6 heteroatoms. The quantitative estimate of drug-likeness (QED) is 0.752. The second kappa shape index (κ2) is 8.91. The first kappa shape index (κ1) is 19.9. The maximum absolute atomic E-state index is 12.5. The zero-order chi connectivity index (χ0) is 19.4. The lowest BCUT2D eigenvalue weighted by Crippen LogP contribution is -2.44. The molecular weight excluding hydrogens is 356 g/mol. The van der Waals surface area contributed by atoms with Crippen molar-refractivity contribution in [1.82, 2.24) is 20.1 Å². The van der Waals surface area contributed by atoms with Crippen molar-refractivity contribution in [2.45, 2.75) is 64.7 Å². The fraction of sp³-hybridized carbons (Fsp3) is 0.571. The van der Waals surface area contributed by atoms with E-state index in [2.05, 4.69) is 72.0 Å². The molecule has 1 N–H and O–H groups in total. The van der Waals surface area contributed by atoms with Gasteiger partial charge in [0.1, 0.15) is 0 Å². The third kappa shape index (κ3) is 4.72. The highest BCUT2D eigenvalue weighted by atomic mass is 32.2. The van der Waals surface area contributed by atoms with Crippen LogP contribution in [0, 0.1) is 18.8 Å². The van der Waals surface area contributed by atoms with E-state index in [4.69, 9.17) is 0 Å². The predicted octanol–water partition coefficient (Wildman–Crippen LogP) is 4.31. The summed E-state index contributed by atoms with van der Waals surface area (Å²) in [5, 5.41) is 12.7. The Morgan fingerprint density at radius 3 is 2.67 bits per heavy atom. The highest BCUT2D eigenvalue weighted by Gasteiger charge is 2.28. The topological polar surface area (TPSA) is 59.8 Å². The summed E-state index contributed by atoms with van der Waals surface area (Å²) in [5.74, 6) is 2.55. The van der Waals surface area contributed by atoms with Crippen molar-refractivity contribution in [2.24, 2.45) is 11.8 Å². The third-order valence-corrected chi connectivity index (χ3v) is 6.70. The summed E-state index contributed by atoms with van der Waals surface area (Å²) in [7, 11) is 0. The van der Waals surface area contributed by atoms with Gasteiger partial charge < -0.3 is 9.88 Å². The van der Waals surface area contributed by atoms with E-state index in [1.807, 2.05) is 0 Å². The largest absolute Gasteiger partial charge is 0.352 e. The molecular formula is C21H30N4OS. The molecule has 146 valence electrons. The number of hydrogen-bond acceptors (Lipinski definition) is 4. The van der Waals surface area contributed by atoms with E-state index in [1.54, 1.807) is 0 Å². The van der Waals surface area contributed by atoms with Crippen molar-refractivity contribution in [3.63, 3.8) is 0 Å². The number of nitrogens with one attached hydrogen (secondary N) is 1. The van der Waals surface area contributed by atoms with Crippen LogP contribution in [-0.4, -0.2) is 32.5 Å². The Morgan fingerprint density at radius 2 is 1.96 bits per heavy atom. The monoisotopic (exact) mass is 386 g/mol. The molecule has 27 heavy (non-hydrogen) atoms. The van der Waals surface area contributed by atoms with E-state index >= 15 is 0 Å². The van der Waals surface area contributed by atoms with E-state index in [9.17, 15) is 4.79 Å². The normalized spacial score (nSPS) is 22.6. The lowest BCUT2D eigenvalue weighted by Gasteiger charge is -2.34. The number of hydrogen-bond donors (Lipinski definition) is 1. The second-order valence-corrected chi connectivity index (χ2v) is 8.59. The Hall–Kier alpha value is -1.82. The summed E-state index contributed by atoms with van der Waals surface area (Å²) in [6, 6.07) is 8.60. The molecule has 3 unspecified atom stereocenters. The number of aryl methyl sites for hydroxylation is 1. The lowest BCUT2D eigenvalue weighted by molar-refractivity contribution is -0.120. The molecule has 0 saturated heterocycles. The second-order valence-electron chi connectivity index (χ2n) is 7.65. The standard InChI is InChI=1S/C21H30N4OS/c1-5-25-20(17-11-9-14(2)10-12-17)23-24-21(25)27-13-19(26)22-18-8-6-7-15(3)16(18)4/h9-12,15-16,18H,5-8,13H2,1-4H3,(H,22,26). The molecule has 3 atom stereocenters. The third-order valence-electron chi connectivity index (χ3n) is 5.73. The van der Waals surface area contributed by atoms with Gasteiger partial charge in [0.25, 0.3) is 0 Å². The maximum Gasteiger partial charge on any atom is 0.230 e. The minimum absolute atomic E-state index is 0.0912. The van der Waals surface area contributed by atoms with Crippen LogP contribution in [0.4, 0.5) is 0 Å². The van der Waals surface area contributed by atoms with Crippen LogP contribution in [0.2, 0.25) is 0 Å². The summed E-state index contributed by atoms with van der Waals surface area (Å²) >= 11 is 1.47. The van der Waals surface area contributed by atoms with Crippen LogP contribution in [0.1, 0.15) is 45.6 Å². The number of nitrogens with zero attached hydrogens (tertiary/aromatic N) is 3. The SMILES string of the molecule is CCn1c(SCC(=O)NC2CCCC(C)C2C)nnc1-c1ccc(C)cc1. The van der Waals surface area contributed by atoms with E-state index in [1.165, 1.54) is 30.2 Å². The van der Waals surface area contributed by atoms with Gasteiger partial charge in [-0.2, -0.15) is 0 Å². The van der Waals surface area contributed by atoms with E-state index < -0.39 is 0 Å².